The van der Waals surface area contributed by atoms with Crippen molar-refractivity contribution in [2.45, 2.75) is 6.54 Å². The van der Waals surface area contributed by atoms with Crippen molar-refractivity contribution < 1.29 is 9.59 Å². The fourth-order valence-corrected chi connectivity index (χ4v) is 1.24. The van der Waals surface area contributed by atoms with Gasteiger partial charge in [-0.2, -0.15) is 0 Å². The SMILES string of the molecule is O=C1C=CC(=O)N1Cc1ccccn1. The molecule has 70 valence electrons. The lowest BCUT2D eigenvalue weighted by Crippen LogP contribution is -2.29. The summed E-state index contributed by atoms with van der Waals surface area (Å²) in [6, 6.07) is 5.38. The van der Waals surface area contributed by atoms with Crippen LogP contribution in [0, 0.1) is 0 Å². The van der Waals surface area contributed by atoms with Crippen LogP contribution in [-0.2, 0) is 16.1 Å². The zero-order chi connectivity index (χ0) is 9.97. The lowest BCUT2D eigenvalue weighted by atomic mass is 10.3. The molecule has 0 saturated heterocycles. The zero-order valence-corrected chi connectivity index (χ0v) is 7.38. The van der Waals surface area contributed by atoms with Gasteiger partial charge in [0, 0.05) is 18.3 Å². The summed E-state index contributed by atoms with van der Waals surface area (Å²) in [6.45, 7) is 0.242. The first-order valence-corrected chi connectivity index (χ1v) is 4.21. The molecule has 2 amide bonds. The number of rotatable bonds is 2. The van der Waals surface area contributed by atoms with Crippen LogP contribution >= 0.6 is 0 Å². The molecule has 1 aliphatic rings. The van der Waals surface area contributed by atoms with Crippen molar-refractivity contribution in [3.05, 3.63) is 42.2 Å². The molecular formula is C10H8N2O2. The Balaban J connectivity index is 2.13. The van der Waals surface area contributed by atoms with Crippen LogP contribution in [0.2, 0.25) is 0 Å². The van der Waals surface area contributed by atoms with Gasteiger partial charge in [-0.15, -0.1) is 0 Å². The van der Waals surface area contributed by atoms with Crippen LogP contribution in [0.25, 0.3) is 0 Å². The van der Waals surface area contributed by atoms with Crippen molar-refractivity contribution in [3.63, 3.8) is 0 Å². The van der Waals surface area contributed by atoms with E-state index in [9.17, 15) is 9.59 Å². The number of imide groups is 1. The Morgan fingerprint density at radius 3 is 2.43 bits per heavy atom. The molecule has 0 fully saturated rings. The number of carbonyl (C=O) groups excluding carboxylic acids is 2. The predicted molar refractivity (Wildman–Crippen MR) is 48.9 cm³/mol. The normalized spacial score (nSPS) is 15.3. The van der Waals surface area contributed by atoms with Gasteiger partial charge in [0.25, 0.3) is 11.8 Å². The first kappa shape index (κ1) is 8.62. The van der Waals surface area contributed by atoms with E-state index in [1.54, 1.807) is 18.3 Å². The minimum Gasteiger partial charge on any atom is -0.269 e. The largest absolute Gasteiger partial charge is 0.269 e. The number of carbonyl (C=O) groups is 2. The molecule has 0 aromatic carbocycles. The fourth-order valence-electron chi connectivity index (χ4n) is 1.24. The molecule has 0 spiro atoms. The molecular weight excluding hydrogens is 180 g/mol. The van der Waals surface area contributed by atoms with Crippen LogP contribution in [0.15, 0.2) is 36.5 Å². The van der Waals surface area contributed by atoms with E-state index < -0.39 is 0 Å². The van der Waals surface area contributed by atoms with E-state index in [0.29, 0.717) is 5.69 Å². The van der Waals surface area contributed by atoms with Crippen LogP contribution in [0.5, 0.6) is 0 Å². The maximum atomic E-state index is 11.2. The van der Waals surface area contributed by atoms with Crippen molar-refractivity contribution in [3.8, 4) is 0 Å². The predicted octanol–water partition coefficient (Wildman–Crippen LogP) is 0.507. The second kappa shape index (κ2) is 3.41. The van der Waals surface area contributed by atoms with E-state index in [2.05, 4.69) is 4.98 Å². The monoisotopic (exact) mass is 188 g/mol. The highest BCUT2D eigenvalue weighted by atomic mass is 16.2. The number of hydrogen-bond donors (Lipinski definition) is 0. The molecule has 4 heteroatoms. The van der Waals surface area contributed by atoms with Gasteiger partial charge < -0.3 is 0 Å². The third kappa shape index (κ3) is 1.54. The van der Waals surface area contributed by atoms with Gasteiger partial charge in [-0.3, -0.25) is 19.5 Å². The van der Waals surface area contributed by atoms with Gasteiger partial charge in [0.2, 0.25) is 0 Å². The first-order chi connectivity index (χ1) is 6.77. The Morgan fingerprint density at radius 1 is 1.14 bits per heavy atom. The number of aromatic nitrogens is 1. The van der Waals surface area contributed by atoms with Gasteiger partial charge in [0.05, 0.1) is 12.2 Å². The van der Waals surface area contributed by atoms with Gasteiger partial charge >= 0.3 is 0 Å². The average Bonchev–Trinajstić information content (AvgIpc) is 2.51. The smallest absolute Gasteiger partial charge is 0.253 e. The van der Waals surface area contributed by atoms with Crippen LogP contribution in [0.1, 0.15) is 5.69 Å². The third-order valence-corrected chi connectivity index (χ3v) is 1.95. The molecule has 2 heterocycles. The third-order valence-electron chi connectivity index (χ3n) is 1.95. The highest BCUT2D eigenvalue weighted by Crippen LogP contribution is 2.08. The number of amides is 2. The molecule has 1 aliphatic heterocycles. The summed E-state index contributed by atoms with van der Waals surface area (Å²) in [6.07, 6.45) is 4.17. The van der Waals surface area contributed by atoms with Crippen LogP contribution in [0.3, 0.4) is 0 Å². The summed E-state index contributed by atoms with van der Waals surface area (Å²) in [5.74, 6) is -0.554. The lowest BCUT2D eigenvalue weighted by Gasteiger charge is -2.12. The van der Waals surface area contributed by atoms with E-state index in [0.717, 1.165) is 4.90 Å². The van der Waals surface area contributed by atoms with E-state index in [1.165, 1.54) is 12.2 Å². The van der Waals surface area contributed by atoms with Gasteiger partial charge in [0.15, 0.2) is 0 Å². The van der Waals surface area contributed by atoms with Crippen molar-refractivity contribution in [1.29, 1.82) is 0 Å². The molecule has 0 saturated carbocycles. The molecule has 1 aromatic rings. The van der Waals surface area contributed by atoms with E-state index >= 15 is 0 Å². The lowest BCUT2D eigenvalue weighted by molar-refractivity contribution is -0.137. The zero-order valence-electron chi connectivity index (χ0n) is 7.38. The quantitative estimate of drug-likeness (QED) is 0.635. The van der Waals surface area contributed by atoms with E-state index in [-0.39, 0.29) is 18.4 Å². The van der Waals surface area contributed by atoms with Crippen molar-refractivity contribution in [2.24, 2.45) is 0 Å². The summed E-state index contributed by atoms with van der Waals surface area (Å²) in [5.41, 5.74) is 0.706. The summed E-state index contributed by atoms with van der Waals surface area (Å²) >= 11 is 0. The van der Waals surface area contributed by atoms with Crippen molar-refractivity contribution >= 4 is 11.8 Å². The first-order valence-electron chi connectivity index (χ1n) is 4.21. The Morgan fingerprint density at radius 2 is 1.86 bits per heavy atom. The van der Waals surface area contributed by atoms with Crippen LogP contribution < -0.4 is 0 Å². The van der Waals surface area contributed by atoms with Crippen molar-refractivity contribution in [1.82, 2.24) is 9.88 Å². The van der Waals surface area contributed by atoms with E-state index in [4.69, 9.17) is 0 Å². The topological polar surface area (TPSA) is 50.3 Å². The summed E-state index contributed by atoms with van der Waals surface area (Å²) in [4.78, 5) is 27.6. The molecule has 14 heavy (non-hydrogen) atoms. The van der Waals surface area contributed by atoms with Gasteiger partial charge in [-0.1, -0.05) is 6.07 Å². The molecule has 0 unspecified atom stereocenters. The Kier molecular flexibility index (Phi) is 2.10. The maximum absolute atomic E-state index is 11.2. The van der Waals surface area contributed by atoms with Crippen LogP contribution in [-0.4, -0.2) is 21.7 Å². The minimum atomic E-state index is -0.277. The molecule has 2 rings (SSSR count). The van der Waals surface area contributed by atoms with Crippen molar-refractivity contribution in [2.75, 3.05) is 0 Å². The molecule has 4 nitrogen and oxygen atoms in total. The summed E-state index contributed by atoms with van der Waals surface area (Å²) < 4.78 is 0. The molecule has 0 bridgehead atoms. The second-order valence-corrected chi connectivity index (χ2v) is 2.92. The Bertz CT molecular complexity index is 380. The van der Waals surface area contributed by atoms with Crippen LogP contribution in [0.4, 0.5) is 0 Å². The second-order valence-electron chi connectivity index (χ2n) is 2.92. The molecule has 0 radical (unpaired) electrons. The maximum Gasteiger partial charge on any atom is 0.253 e. The number of nitrogens with zero attached hydrogens (tertiary/aromatic N) is 2. The Labute approximate surface area is 80.9 Å². The number of pyridine rings is 1. The minimum absolute atomic E-state index is 0.242. The molecule has 0 N–H and O–H groups in total. The molecule has 0 aliphatic carbocycles. The summed E-state index contributed by atoms with van der Waals surface area (Å²) in [5, 5.41) is 0. The summed E-state index contributed by atoms with van der Waals surface area (Å²) in [7, 11) is 0. The highest BCUT2D eigenvalue weighted by molar-refractivity contribution is 6.12. The Hall–Kier alpha value is -1.97. The number of hydrogen-bond acceptors (Lipinski definition) is 3. The van der Waals surface area contributed by atoms with Gasteiger partial charge in [-0.05, 0) is 12.1 Å². The highest BCUT2D eigenvalue weighted by Gasteiger charge is 2.23. The average molecular weight is 188 g/mol. The van der Waals surface area contributed by atoms with Gasteiger partial charge in [-0.25, -0.2) is 0 Å². The van der Waals surface area contributed by atoms with E-state index in [1.807, 2.05) is 6.07 Å². The fraction of sp³-hybridized carbons (Fsp3) is 0.100. The van der Waals surface area contributed by atoms with Gasteiger partial charge in [0.1, 0.15) is 0 Å². The molecule has 0 atom stereocenters. The standard InChI is InChI=1S/C10H8N2O2/c13-9-4-5-10(14)12(9)7-8-3-1-2-6-11-8/h1-6H,7H2. The molecule has 1 aromatic heterocycles.